The fraction of sp³-hybridized carbons (Fsp3) is 0.429. The molecule has 1 atom stereocenters. The zero-order valence-corrected chi connectivity index (χ0v) is 17.2. The van der Waals surface area contributed by atoms with Crippen LogP contribution in [0, 0.1) is 5.92 Å². The summed E-state index contributed by atoms with van der Waals surface area (Å²) >= 11 is 0. The fourth-order valence-corrected chi connectivity index (χ4v) is 2.89. The zero-order chi connectivity index (χ0) is 22.3. The summed E-state index contributed by atoms with van der Waals surface area (Å²) in [6, 6.07) is 5.41. The van der Waals surface area contributed by atoms with E-state index in [0.29, 0.717) is 11.3 Å². The van der Waals surface area contributed by atoms with E-state index in [1.165, 1.54) is 12.1 Å². The van der Waals surface area contributed by atoms with Gasteiger partial charge in [-0.25, -0.2) is 9.59 Å². The van der Waals surface area contributed by atoms with Crippen molar-refractivity contribution in [1.82, 2.24) is 10.6 Å². The Hall–Kier alpha value is -3.36. The van der Waals surface area contributed by atoms with E-state index in [2.05, 4.69) is 10.6 Å². The van der Waals surface area contributed by atoms with Gasteiger partial charge in [-0.15, -0.1) is 0 Å². The molecule has 2 aromatic rings. The van der Waals surface area contributed by atoms with E-state index in [1.54, 1.807) is 26.0 Å². The van der Waals surface area contributed by atoms with Crippen molar-refractivity contribution in [3.63, 3.8) is 0 Å². The van der Waals surface area contributed by atoms with Gasteiger partial charge in [-0.1, -0.05) is 27.2 Å². The summed E-state index contributed by atoms with van der Waals surface area (Å²) in [6.45, 7) is 4.63. The maximum atomic E-state index is 11.9. The molecule has 0 saturated heterocycles. The smallest absolute Gasteiger partial charge is 0.336 e. The first-order chi connectivity index (χ1) is 14.2. The molecule has 0 radical (unpaired) electrons. The van der Waals surface area contributed by atoms with Crippen molar-refractivity contribution >= 4 is 28.8 Å². The van der Waals surface area contributed by atoms with Crippen molar-refractivity contribution in [3.05, 3.63) is 40.2 Å². The number of nitrogens with one attached hydrogen (secondary N) is 2. The molecule has 0 aliphatic rings. The van der Waals surface area contributed by atoms with Gasteiger partial charge in [-0.2, -0.15) is 0 Å². The van der Waals surface area contributed by atoms with Gasteiger partial charge < -0.3 is 24.9 Å². The summed E-state index contributed by atoms with van der Waals surface area (Å²) in [5.74, 6) is -2.26. The topological polar surface area (TPSA) is 135 Å². The third-order valence-electron chi connectivity index (χ3n) is 4.39. The third-order valence-corrected chi connectivity index (χ3v) is 4.39. The molecule has 162 valence electrons. The molecule has 9 nitrogen and oxygen atoms in total. The van der Waals surface area contributed by atoms with E-state index in [9.17, 15) is 19.2 Å². The average Bonchev–Trinajstić information content (AvgIpc) is 2.68. The maximum Gasteiger partial charge on any atom is 0.336 e. The van der Waals surface area contributed by atoms with Gasteiger partial charge in [-0.05, 0) is 30.0 Å². The Morgan fingerprint density at radius 1 is 1.17 bits per heavy atom. The second kappa shape index (κ2) is 10.4. The highest BCUT2D eigenvalue weighted by atomic mass is 16.5. The number of hydrogen-bond acceptors (Lipinski definition) is 6. The Labute approximate surface area is 173 Å². The molecule has 0 unspecified atom stereocenters. The number of fused-ring (bicyclic) bond motifs is 1. The molecule has 0 saturated carbocycles. The molecule has 9 heteroatoms. The molecule has 2 rings (SSSR count). The standard InChI is InChI=1S/C21H26N2O7/c1-4-5-13-8-19(26)30-16-9-14(6-7-15(13)16)29-11-18(25)22-10-17(24)23-20(12(2)3)21(27)28/h6-9,12,20H,4-5,10-11H2,1-3H3,(H,22,25)(H,23,24)(H,27,28)/t20-/m0/s1. The molecule has 0 spiro atoms. The Morgan fingerprint density at radius 3 is 2.53 bits per heavy atom. The summed E-state index contributed by atoms with van der Waals surface area (Å²) in [5, 5.41) is 14.6. The lowest BCUT2D eigenvalue weighted by Crippen LogP contribution is -2.48. The van der Waals surface area contributed by atoms with Crippen LogP contribution in [-0.2, 0) is 20.8 Å². The zero-order valence-electron chi connectivity index (χ0n) is 17.2. The predicted molar refractivity (Wildman–Crippen MR) is 109 cm³/mol. The van der Waals surface area contributed by atoms with Gasteiger partial charge >= 0.3 is 11.6 Å². The quantitative estimate of drug-likeness (QED) is 0.497. The number of aliphatic carboxylic acids is 1. The van der Waals surface area contributed by atoms with Crippen molar-refractivity contribution < 1.29 is 28.6 Å². The number of rotatable bonds is 10. The van der Waals surface area contributed by atoms with Crippen LogP contribution in [0.15, 0.2) is 33.5 Å². The van der Waals surface area contributed by atoms with Gasteiger partial charge in [0, 0.05) is 17.5 Å². The summed E-state index contributed by atoms with van der Waals surface area (Å²) < 4.78 is 10.6. The number of ether oxygens (including phenoxy) is 1. The minimum absolute atomic E-state index is 0.295. The van der Waals surface area contributed by atoms with Crippen LogP contribution in [0.4, 0.5) is 0 Å². The van der Waals surface area contributed by atoms with Gasteiger partial charge in [0.25, 0.3) is 5.91 Å². The highest BCUT2D eigenvalue weighted by molar-refractivity contribution is 5.88. The number of carbonyl (C=O) groups excluding carboxylic acids is 2. The first-order valence-corrected chi connectivity index (χ1v) is 9.69. The number of amides is 2. The molecule has 0 bridgehead atoms. The van der Waals surface area contributed by atoms with Crippen LogP contribution in [0.1, 0.15) is 32.8 Å². The lowest BCUT2D eigenvalue weighted by Gasteiger charge is -2.18. The minimum atomic E-state index is -1.14. The van der Waals surface area contributed by atoms with Gasteiger partial charge in [-0.3, -0.25) is 9.59 Å². The van der Waals surface area contributed by atoms with Gasteiger partial charge in [0.2, 0.25) is 5.91 Å². The van der Waals surface area contributed by atoms with Crippen LogP contribution >= 0.6 is 0 Å². The van der Waals surface area contributed by atoms with Crippen LogP contribution in [0.3, 0.4) is 0 Å². The Morgan fingerprint density at radius 2 is 1.90 bits per heavy atom. The fourth-order valence-electron chi connectivity index (χ4n) is 2.89. The molecule has 0 aliphatic heterocycles. The van der Waals surface area contributed by atoms with E-state index in [4.69, 9.17) is 14.3 Å². The van der Waals surface area contributed by atoms with Crippen LogP contribution in [-0.4, -0.2) is 42.1 Å². The predicted octanol–water partition coefficient (Wildman–Crippen LogP) is 1.47. The number of carboxylic acid groups (broad SMARTS) is 1. The number of carboxylic acids is 1. The highest BCUT2D eigenvalue weighted by Gasteiger charge is 2.23. The van der Waals surface area contributed by atoms with E-state index in [0.717, 1.165) is 23.8 Å². The van der Waals surface area contributed by atoms with Crippen LogP contribution < -0.4 is 21.0 Å². The second-order valence-electron chi connectivity index (χ2n) is 7.19. The molecule has 1 aromatic heterocycles. The molecule has 0 aliphatic carbocycles. The lowest BCUT2D eigenvalue weighted by molar-refractivity contribution is -0.143. The Kier molecular flexibility index (Phi) is 7.97. The Bertz CT molecular complexity index is 981. The molecule has 30 heavy (non-hydrogen) atoms. The number of benzene rings is 1. The molecular formula is C21H26N2O7. The van der Waals surface area contributed by atoms with E-state index in [1.807, 2.05) is 6.92 Å². The molecule has 3 N–H and O–H groups in total. The summed E-state index contributed by atoms with van der Waals surface area (Å²) in [4.78, 5) is 46.6. The first kappa shape index (κ1) is 22.9. The number of carbonyl (C=O) groups is 3. The average molecular weight is 418 g/mol. The number of hydrogen-bond donors (Lipinski definition) is 3. The SMILES string of the molecule is CCCc1cc(=O)oc2cc(OCC(=O)NCC(=O)N[C@H](C(=O)O)C(C)C)ccc12. The molecule has 1 aromatic carbocycles. The van der Waals surface area contributed by atoms with Gasteiger partial charge in [0.1, 0.15) is 17.4 Å². The largest absolute Gasteiger partial charge is 0.484 e. The number of aryl methyl sites for hydroxylation is 1. The summed E-state index contributed by atoms with van der Waals surface area (Å²) in [5.41, 5.74) is 0.810. The van der Waals surface area contributed by atoms with Crippen LogP contribution in [0.2, 0.25) is 0 Å². The Balaban J connectivity index is 1.91. The van der Waals surface area contributed by atoms with Crippen molar-refractivity contribution in [2.24, 2.45) is 5.92 Å². The lowest BCUT2D eigenvalue weighted by atomic mass is 10.1. The summed E-state index contributed by atoms with van der Waals surface area (Å²) in [7, 11) is 0. The van der Waals surface area contributed by atoms with Gasteiger partial charge in [0.15, 0.2) is 6.61 Å². The first-order valence-electron chi connectivity index (χ1n) is 9.69. The molecule has 0 fully saturated rings. The van der Waals surface area contributed by atoms with E-state index >= 15 is 0 Å². The summed E-state index contributed by atoms with van der Waals surface area (Å²) in [6.07, 6.45) is 1.63. The monoisotopic (exact) mass is 418 g/mol. The van der Waals surface area contributed by atoms with Gasteiger partial charge in [0.05, 0.1) is 6.54 Å². The van der Waals surface area contributed by atoms with Crippen molar-refractivity contribution in [2.75, 3.05) is 13.2 Å². The van der Waals surface area contributed by atoms with Crippen LogP contribution in [0.25, 0.3) is 11.0 Å². The normalized spacial score (nSPS) is 11.9. The molecule has 2 amide bonds. The molecular weight excluding hydrogens is 392 g/mol. The minimum Gasteiger partial charge on any atom is -0.484 e. The van der Waals surface area contributed by atoms with Crippen molar-refractivity contribution in [2.45, 2.75) is 39.7 Å². The van der Waals surface area contributed by atoms with E-state index < -0.39 is 29.5 Å². The van der Waals surface area contributed by atoms with E-state index in [-0.39, 0.29) is 19.1 Å². The third kappa shape index (κ3) is 6.33. The van der Waals surface area contributed by atoms with Crippen molar-refractivity contribution in [3.8, 4) is 5.75 Å². The van der Waals surface area contributed by atoms with Crippen LogP contribution in [0.5, 0.6) is 5.75 Å². The highest BCUT2D eigenvalue weighted by Crippen LogP contribution is 2.23. The maximum absolute atomic E-state index is 11.9. The molecule has 1 heterocycles. The second-order valence-corrected chi connectivity index (χ2v) is 7.19. The van der Waals surface area contributed by atoms with Crippen molar-refractivity contribution in [1.29, 1.82) is 0 Å².